The highest BCUT2D eigenvalue weighted by molar-refractivity contribution is 5.83. The Bertz CT molecular complexity index is 705. The van der Waals surface area contributed by atoms with Crippen LogP contribution in [0.15, 0.2) is 54.6 Å². The first kappa shape index (κ1) is 17.5. The maximum atomic E-state index is 12.2. The van der Waals surface area contributed by atoms with Crippen molar-refractivity contribution in [2.75, 3.05) is 6.54 Å². The molecule has 4 nitrogen and oxygen atoms in total. The number of nitrogens with two attached hydrogens (primary N) is 1. The van der Waals surface area contributed by atoms with Gasteiger partial charge in [0.05, 0.1) is 0 Å². The van der Waals surface area contributed by atoms with E-state index in [4.69, 9.17) is 10.5 Å². The maximum Gasteiger partial charge on any atom is 0.223 e. The Labute approximate surface area is 149 Å². The van der Waals surface area contributed by atoms with Crippen LogP contribution in [0, 0.1) is 5.92 Å². The monoisotopic (exact) mass is 338 g/mol. The van der Waals surface area contributed by atoms with E-state index in [2.05, 4.69) is 17.4 Å². The molecule has 132 valence electrons. The van der Waals surface area contributed by atoms with Crippen LogP contribution in [-0.2, 0) is 11.4 Å². The molecule has 2 unspecified atom stereocenters. The van der Waals surface area contributed by atoms with Crippen LogP contribution < -0.4 is 15.8 Å². The van der Waals surface area contributed by atoms with Gasteiger partial charge in [0, 0.05) is 18.0 Å². The summed E-state index contributed by atoms with van der Waals surface area (Å²) in [6.45, 7) is 4.88. The largest absolute Gasteiger partial charge is 0.489 e. The Kier molecular flexibility index (Phi) is 5.09. The van der Waals surface area contributed by atoms with Crippen LogP contribution in [0.3, 0.4) is 0 Å². The molecule has 25 heavy (non-hydrogen) atoms. The lowest BCUT2D eigenvalue weighted by Gasteiger charge is -2.18. The zero-order chi connectivity index (χ0) is 17.9. The minimum atomic E-state index is -0.377. The number of carbonyl (C=O) groups excluding carboxylic acids is 1. The third kappa shape index (κ3) is 5.07. The quantitative estimate of drug-likeness (QED) is 0.815. The third-order valence-corrected chi connectivity index (χ3v) is 4.40. The summed E-state index contributed by atoms with van der Waals surface area (Å²) in [4.78, 5) is 12.2. The second-order valence-corrected chi connectivity index (χ2v) is 7.50. The topological polar surface area (TPSA) is 64.3 Å². The van der Waals surface area contributed by atoms with E-state index in [9.17, 15) is 4.79 Å². The molecule has 1 aliphatic rings. The van der Waals surface area contributed by atoms with Gasteiger partial charge in [0.15, 0.2) is 0 Å². The summed E-state index contributed by atoms with van der Waals surface area (Å²) in [5, 5.41) is 2.95. The van der Waals surface area contributed by atoms with Crippen LogP contribution in [0.1, 0.15) is 37.3 Å². The minimum absolute atomic E-state index is 0.0680. The third-order valence-electron chi connectivity index (χ3n) is 4.40. The van der Waals surface area contributed by atoms with Crippen molar-refractivity contribution in [1.82, 2.24) is 5.32 Å². The number of hydrogen-bond acceptors (Lipinski definition) is 3. The normalized spacial score (nSPS) is 19.3. The van der Waals surface area contributed by atoms with Crippen LogP contribution in [-0.4, -0.2) is 18.0 Å². The molecule has 3 rings (SSSR count). The van der Waals surface area contributed by atoms with Gasteiger partial charge in [0.2, 0.25) is 5.91 Å². The number of ether oxygens (including phenoxy) is 1. The lowest BCUT2D eigenvalue weighted by atomic mass is 10.1. The van der Waals surface area contributed by atoms with Crippen molar-refractivity contribution in [2.24, 2.45) is 11.7 Å². The fourth-order valence-corrected chi connectivity index (χ4v) is 2.85. The molecule has 1 amide bonds. The molecule has 2 aromatic rings. The summed E-state index contributed by atoms with van der Waals surface area (Å²) in [5.41, 5.74) is 7.87. The Morgan fingerprint density at radius 2 is 1.84 bits per heavy atom. The van der Waals surface area contributed by atoms with Crippen molar-refractivity contribution in [3.05, 3.63) is 65.7 Å². The molecule has 1 saturated carbocycles. The van der Waals surface area contributed by atoms with Crippen molar-refractivity contribution in [3.8, 4) is 5.75 Å². The number of nitrogens with one attached hydrogen (secondary N) is 1. The van der Waals surface area contributed by atoms with E-state index in [1.54, 1.807) is 0 Å². The standard InChI is InChI=1S/C21H26N2O2/c1-21(2,22)14-23-20(24)19-12-18(19)16-8-10-17(11-9-16)25-13-15-6-4-3-5-7-15/h3-11,18-19H,12-14,22H2,1-2H3,(H,23,24). The highest BCUT2D eigenvalue weighted by Gasteiger charge is 2.43. The number of hydrogen-bond donors (Lipinski definition) is 2. The summed E-state index contributed by atoms with van der Waals surface area (Å²) in [7, 11) is 0. The molecule has 1 aliphatic carbocycles. The van der Waals surface area contributed by atoms with Crippen molar-refractivity contribution >= 4 is 5.91 Å². The van der Waals surface area contributed by atoms with Crippen LogP contribution in [0.5, 0.6) is 5.75 Å². The van der Waals surface area contributed by atoms with Crippen LogP contribution in [0.4, 0.5) is 0 Å². The first-order chi connectivity index (χ1) is 11.9. The zero-order valence-corrected chi connectivity index (χ0v) is 14.9. The molecule has 4 heteroatoms. The molecule has 2 aromatic carbocycles. The molecule has 1 fully saturated rings. The predicted octanol–water partition coefficient (Wildman–Crippen LogP) is 3.22. The van der Waals surface area contributed by atoms with Gasteiger partial charge in [0.25, 0.3) is 0 Å². The van der Waals surface area contributed by atoms with Gasteiger partial charge in [-0.3, -0.25) is 4.79 Å². The molecule has 0 heterocycles. The maximum absolute atomic E-state index is 12.2. The predicted molar refractivity (Wildman–Crippen MR) is 99.3 cm³/mol. The van der Waals surface area contributed by atoms with Crippen LogP contribution in [0.2, 0.25) is 0 Å². The molecule has 0 aliphatic heterocycles. The average molecular weight is 338 g/mol. The molecule has 0 saturated heterocycles. The van der Waals surface area contributed by atoms with E-state index in [0.717, 1.165) is 17.7 Å². The summed E-state index contributed by atoms with van der Waals surface area (Å²) < 4.78 is 5.80. The van der Waals surface area contributed by atoms with Gasteiger partial charge >= 0.3 is 0 Å². The number of benzene rings is 2. The van der Waals surface area contributed by atoms with Gasteiger partial charge in [-0.2, -0.15) is 0 Å². The molecule has 2 atom stereocenters. The Hall–Kier alpha value is -2.33. The molecular weight excluding hydrogens is 312 g/mol. The summed E-state index contributed by atoms with van der Waals surface area (Å²) in [6, 6.07) is 18.2. The van der Waals surface area contributed by atoms with Crippen molar-refractivity contribution < 1.29 is 9.53 Å². The Morgan fingerprint density at radius 1 is 1.16 bits per heavy atom. The van der Waals surface area contributed by atoms with Crippen molar-refractivity contribution in [1.29, 1.82) is 0 Å². The fraction of sp³-hybridized carbons (Fsp3) is 0.381. The molecule has 0 aromatic heterocycles. The zero-order valence-electron chi connectivity index (χ0n) is 14.9. The first-order valence-corrected chi connectivity index (χ1v) is 8.76. The second kappa shape index (κ2) is 7.28. The van der Waals surface area contributed by atoms with E-state index >= 15 is 0 Å². The molecule has 0 spiro atoms. The van der Waals surface area contributed by atoms with Gasteiger partial charge in [-0.05, 0) is 49.4 Å². The van der Waals surface area contributed by atoms with E-state index < -0.39 is 0 Å². The number of amides is 1. The van der Waals surface area contributed by atoms with E-state index in [0.29, 0.717) is 19.1 Å². The average Bonchev–Trinajstić information content (AvgIpc) is 3.39. The minimum Gasteiger partial charge on any atom is -0.489 e. The Balaban J connectivity index is 1.49. The van der Waals surface area contributed by atoms with Gasteiger partial charge in [-0.15, -0.1) is 0 Å². The van der Waals surface area contributed by atoms with Gasteiger partial charge < -0.3 is 15.8 Å². The summed E-state index contributed by atoms with van der Waals surface area (Å²) in [5.74, 6) is 1.33. The molecule has 0 radical (unpaired) electrons. The first-order valence-electron chi connectivity index (χ1n) is 8.76. The lowest BCUT2D eigenvalue weighted by molar-refractivity contribution is -0.122. The van der Waals surface area contributed by atoms with E-state index in [1.807, 2.05) is 56.3 Å². The Morgan fingerprint density at radius 3 is 2.48 bits per heavy atom. The number of rotatable bonds is 7. The summed E-state index contributed by atoms with van der Waals surface area (Å²) in [6.07, 6.45) is 0.904. The van der Waals surface area contributed by atoms with Crippen molar-refractivity contribution in [3.63, 3.8) is 0 Å². The fourth-order valence-electron chi connectivity index (χ4n) is 2.85. The molecule has 0 bridgehead atoms. The number of carbonyl (C=O) groups is 1. The van der Waals surface area contributed by atoms with Crippen LogP contribution in [0.25, 0.3) is 0 Å². The molecular formula is C21H26N2O2. The van der Waals surface area contributed by atoms with Gasteiger partial charge in [0.1, 0.15) is 12.4 Å². The summed E-state index contributed by atoms with van der Waals surface area (Å²) >= 11 is 0. The van der Waals surface area contributed by atoms with Crippen LogP contribution >= 0.6 is 0 Å². The SMILES string of the molecule is CC(C)(N)CNC(=O)C1CC1c1ccc(OCc2ccccc2)cc1. The van der Waals surface area contributed by atoms with E-state index in [1.165, 1.54) is 5.56 Å². The lowest BCUT2D eigenvalue weighted by Crippen LogP contribution is -2.45. The van der Waals surface area contributed by atoms with Gasteiger partial charge in [-0.25, -0.2) is 0 Å². The van der Waals surface area contributed by atoms with Gasteiger partial charge in [-0.1, -0.05) is 42.5 Å². The van der Waals surface area contributed by atoms with E-state index in [-0.39, 0.29) is 17.4 Å². The highest BCUT2D eigenvalue weighted by Crippen LogP contribution is 2.47. The smallest absolute Gasteiger partial charge is 0.223 e. The van der Waals surface area contributed by atoms with Crippen molar-refractivity contribution in [2.45, 2.75) is 38.3 Å². The second-order valence-electron chi connectivity index (χ2n) is 7.50. The highest BCUT2D eigenvalue weighted by atomic mass is 16.5. The molecule has 3 N–H and O–H groups in total.